The lowest BCUT2D eigenvalue weighted by Gasteiger charge is -2.32. The number of nitrogens with zero attached hydrogens (tertiary/aromatic N) is 3. The van der Waals surface area contributed by atoms with Crippen molar-refractivity contribution in [2.45, 2.75) is 58.0 Å². The van der Waals surface area contributed by atoms with Crippen LogP contribution in [0.15, 0.2) is 200 Å². The van der Waals surface area contributed by atoms with Gasteiger partial charge in [0.15, 0.2) is 17.2 Å². The maximum Gasteiger partial charge on any atom is 0.499 e. The van der Waals surface area contributed by atoms with Crippen LogP contribution in [0.2, 0.25) is 0 Å². The summed E-state index contributed by atoms with van der Waals surface area (Å²) >= 11 is 0. The van der Waals surface area contributed by atoms with Crippen molar-refractivity contribution in [3.05, 3.63) is 217 Å². The summed E-state index contributed by atoms with van der Waals surface area (Å²) in [5, 5.41) is 0. The molecule has 1 spiro atoms. The van der Waals surface area contributed by atoms with Gasteiger partial charge in [-0.15, -0.1) is 9.13 Å². The normalized spacial score (nSPS) is 17.7. The number of rotatable bonds is 5. The van der Waals surface area contributed by atoms with Crippen LogP contribution in [0, 0.1) is 0 Å². The SMILES string of the molecule is [2H]C([2H])([2H])C(c1ccc(-c2cc[n+]3c(c2)-c2cc(-c4ccccc4)cc4c2C32Oc3ccccc3-c3n(-c5cc(-c6ccccc6)c(C(C)(C)C)cc5-c5ccccc5)c5cccc-4c5[n+]32)cc1)(C([2H])([2H])[2H])C([2H])([2H])[2H]. The standard InChI is InChI=1S/C63H51N3O/c1-61(2,3)46-31-29-41(30-32-46)44-33-34-64-55(37-44)52-36-45(40-19-10-7-11-20-40)35-51-47-26-18-27-54-59(47)66-60(48-25-16-17-28-57(48)67-63(64,66)58(51)52)65(54)56-39-49(42-21-12-8-13-22-42)53(62(4,5)6)38-50(56)43-23-14-9-15-24-43/h7-39H,1-6H3/q+2/i1D3,2D3,3D3. The maximum atomic E-state index is 8.36. The second-order valence-corrected chi connectivity index (χ2v) is 19.1. The van der Waals surface area contributed by atoms with E-state index in [0.29, 0.717) is 11.3 Å². The summed E-state index contributed by atoms with van der Waals surface area (Å²) in [5.41, 5.74) is 14.2. The maximum absolute atomic E-state index is 8.36. The molecule has 0 saturated carbocycles. The Hall–Kier alpha value is -7.82. The number of pyridine rings is 1. The molecule has 0 fully saturated rings. The van der Waals surface area contributed by atoms with Crippen LogP contribution in [-0.4, -0.2) is 4.57 Å². The van der Waals surface area contributed by atoms with E-state index in [1.807, 2.05) is 42.6 Å². The van der Waals surface area contributed by atoms with Gasteiger partial charge in [-0.1, -0.05) is 175 Å². The summed E-state index contributed by atoms with van der Waals surface area (Å²) in [4.78, 5) is 0. The van der Waals surface area contributed by atoms with Crippen LogP contribution in [0.1, 0.15) is 70.4 Å². The largest absolute Gasteiger partial charge is 0.499 e. The summed E-state index contributed by atoms with van der Waals surface area (Å²) in [5.74, 6) is 0.350. The van der Waals surface area contributed by atoms with Crippen molar-refractivity contribution in [3.8, 4) is 89.7 Å². The van der Waals surface area contributed by atoms with E-state index in [1.54, 1.807) is 12.1 Å². The third-order valence-electron chi connectivity index (χ3n) is 14.0. The summed E-state index contributed by atoms with van der Waals surface area (Å²) in [7, 11) is 0. The zero-order chi connectivity index (χ0) is 52.9. The Morgan fingerprint density at radius 1 is 0.493 bits per heavy atom. The number of benzene rings is 8. The van der Waals surface area contributed by atoms with Crippen molar-refractivity contribution in [2.24, 2.45) is 0 Å². The first-order valence-corrected chi connectivity index (χ1v) is 22.8. The third-order valence-corrected chi connectivity index (χ3v) is 14.0. The molecule has 13 rings (SSSR count). The minimum Gasteiger partial charge on any atom is -0.392 e. The molecule has 0 amide bonds. The van der Waals surface area contributed by atoms with Crippen molar-refractivity contribution in [1.82, 2.24) is 4.57 Å². The number of hydrogen-bond donors (Lipinski definition) is 0. The molecule has 0 bridgehead atoms. The molecular weight excluding hydrogens is 815 g/mol. The number of imidazole rings is 1. The fourth-order valence-electron chi connectivity index (χ4n) is 11.0. The molecule has 0 aliphatic carbocycles. The van der Waals surface area contributed by atoms with Gasteiger partial charge in [0.2, 0.25) is 5.69 Å². The molecular formula is C63H51N3O+2. The molecule has 0 N–H and O–H groups in total. The van der Waals surface area contributed by atoms with Gasteiger partial charge in [-0.2, -0.15) is 4.57 Å². The summed E-state index contributed by atoms with van der Waals surface area (Å²) in [6.07, 6.45) is 2.03. The summed E-state index contributed by atoms with van der Waals surface area (Å²) in [6.45, 7) is -3.32. The van der Waals surface area contributed by atoms with Crippen molar-refractivity contribution in [3.63, 3.8) is 0 Å². The molecule has 1 unspecified atom stereocenters. The van der Waals surface area contributed by atoms with Crippen LogP contribution in [0.5, 0.6) is 5.75 Å². The topological polar surface area (TPSA) is 21.9 Å². The molecule has 8 aromatic carbocycles. The van der Waals surface area contributed by atoms with Crippen LogP contribution in [-0.2, 0) is 16.7 Å². The van der Waals surface area contributed by atoms with Crippen LogP contribution in [0.3, 0.4) is 0 Å². The van der Waals surface area contributed by atoms with Crippen LogP contribution < -0.4 is 13.9 Å². The summed E-state index contributed by atoms with van der Waals surface area (Å²) < 4.78 is 90.0. The van der Waals surface area contributed by atoms with Gasteiger partial charge >= 0.3 is 11.7 Å². The van der Waals surface area contributed by atoms with Crippen molar-refractivity contribution >= 4 is 11.0 Å². The zero-order valence-corrected chi connectivity index (χ0v) is 37.3. The Balaban J connectivity index is 1.12. The zero-order valence-electron chi connectivity index (χ0n) is 46.3. The quantitative estimate of drug-likeness (QED) is 0.158. The van der Waals surface area contributed by atoms with Crippen LogP contribution >= 0.6 is 0 Å². The molecule has 0 radical (unpaired) electrons. The molecule has 0 saturated heterocycles. The van der Waals surface area contributed by atoms with Gasteiger partial charge in [0.1, 0.15) is 22.6 Å². The van der Waals surface area contributed by atoms with Gasteiger partial charge in [-0.05, 0) is 109 Å². The number of ether oxygens (including phenoxy) is 1. The van der Waals surface area contributed by atoms with Gasteiger partial charge < -0.3 is 4.74 Å². The van der Waals surface area contributed by atoms with E-state index in [1.165, 1.54) is 17.7 Å². The fourth-order valence-corrected chi connectivity index (χ4v) is 11.0. The molecule has 2 aromatic heterocycles. The number of fused-ring (bicyclic) bond motifs is 5. The molecule has 3 aliphatic rings. The van der Waals surface area contributed by atoms with Crippen molar-refractivity contribution in [1.29, 1.82) is 0 Å². The number of para-hydroxylation sites is 2. The first kappa shape index (κ1) is 31.2. The molecule has 4 nitrogen and oxygen atoms in total. The third kappa shape index (κ3) is 5.72. The molecule has 5 heterocycles. The van der Waals surface area contributed by atoms with Gasteiger partial charge in [0.05, 0.1) is 5.56 Å². The minimum atomic E-state index is -3.38. The highest BCUT2D eigenvalue weighted by atomic mass is 16.5. The second kappa shape index (κ2) is 14.1. The average Bonchev–Trinajstić information content (AvgIpc) is 4.05. The number of aromatic nitrogens is 3. The minimum absolute atomic E-state index is 0.210. The lowest BCUT2D eigenvalue weighted by Crippen LogP contribution is -2.78. The average molecular weight is 875 g/mol. The van der Waals surface area contributed by atoms with E-state index in [9.17, 15) is 0 Å². The molecule has 322 valence electrons. The summed E-state index contributed by atoms with van der Waals surface area (Å²) in [6, 6.07) is 65.7. The van der Waals surface area contributed by atoms with Gasteiger partial charge in [0.25, 0.3) is 0 Å². The smallest absolute Gasteiger partial charge is 0.392 e. The van der Waals surface area contributed by atoms with E-state index in [0.717, 1.165) is 95.0 Å². The molecule has 1 atom stereocenters. The molecule has 3 aliphatic heterocycles. The predicted octanol–water partition coefficient (Wildman–Crippen LogP) is 14.7. The monoisotopic (exact) mass is 874 g/mol. The van der Waals surface area contributed by atoms with Crippen LogP contribution in [0.25, 0.3) is 95.0 Å². The van der Waals surface area contributed by atoms with Crippen LogP contribution in [0.4, 0.5) is 0 Å². The Kier molecular flexibility index (Phi) is 6.55. The molecule has 10 aromatic rings. The Morgan fingerprint density at radius 2 is 1.12 bits per heavy atom. The van der Waals surface area contributed by atoms with E-state index in [4.69, 9.17) is 17.1 Å². The molecule has 4 heteroatoms. The van der Waals surface area contributed by atoms with E-state index >= 15 is 0 Å². The van der Waals surface area contributed by atoms with Gasteiger partial charge in [0, 0.05) is 41.2 Å². The van der Waals surface area contributed by atoms with E-state index in [2.05, 4.69) is 168 Å². The fraction of sp³-hybridized carbons (Fsp3) is 0.143. The Bertz CT molecular complexity index is 3970. The first-order chi connectivity index (χ1) is 36.2. The highest BCUT2D eigenvalue weighted by Gasteiger charge is 2.68. The van der Waals surface area contributed by atoms with Gasteiger partial charge in [-0.3, -0.25) is 0 Å². The van der Waals surface area contributed by atoms with Crippen molar-refractivity contribution < 1.29 is 26.2 Å². The Labute approximate surface area is 405 Å². The first-order valence-electron chi connectivity index (χ1n) is 27.3. The predicted molar refractivity (Wildman–Crippen MR) is 272 cm³/mol. The lowest BCUT2D eigenvalue weighted by molar-refractivity contribution is -0.997. The van der Waals surface area contributed by atoms with Gasteiger partial charge in [-0.25, -0.2) is 0 Å². The van der Waals surface area contributed by atoms with Crippen molar-refractivity contribution in [2.75, 3.05) is 0 Å². The Morgan fingerprint density at radius 3 is 1.82 bits per heavy atom. The van der Waals surface area contributed by atoms with E-state index in [-0.39, 0.29) is 11.0 Å². The highest BCUT2D eigenvalue weighted by Crippen LogP contribution is 2.55. The second-order valence-electron chi connectivity index (χ2n) is 19.1. The van der Waals surface area contributed by atoms with E-state index < -0.39 is 31.8 Å². The lowest BCUT2D eigenvalue weighted by atomic mass is 9.79. The molecule has 67 heavy (non-hydrogen) atoms. The highest BCUT2D eigenvalue weighted by molar-refractivity contribution is 6.00. The number of hydrogen-bond acceptors (Lipinski definition) is 1.